The van der Waals surface area contributed by atoms with Crippen molar-refractivity contribution < 1.29 is 24.9 Å². The molecule has 5 nitrogen and oxygen atoms in total. The van der Waals surface area contributed by atoms with Crippen LogP contribution in [0.3, 0.4) is 0 Å². The number of hydrogen-bond acceptors (Lipinski definition) is 5. The van der Waals surface area contributed by atoms with E-state index in [0.717, 1.165) is 31.7 Å². The van der Waals surface area contributed by atoms with Crippen LogP contribution in [0.5, 0.6) is 23.0 Å². The second-order valence-corrected chi connectivity index (χ2v) is 5.06. The first-order chi connectivity index (χ1) is 8.52. The Balaban J connectivity index is 2.16. The summed E-state index contributed by atoms with van der Waals surface area (Å²) < 4.78 is 5.75. The van der Waals surface area contributed by atoms with Crippen molar-refractivity contribution in [3.63, 3.8) is 0 Å². The van der Waals surface area contributed by atoms with E-state index in [1.807, 2.05) is 0 Å². The summed E-state index contributed by atoms with van der Waals surface area (Å²) in [6.07, 6.45) is 3.70. The number of ether oxygens (including phenoxy) is 1. The minimum atomic E-state index is -0.568. The van der Waals surface area contributed by atoms with Gasteiger partial charge in [0.05, 0.1) is 6.42 Å². The highest BCUT2D eigenvalue weighted by molar-refractivity contribution is 6.04. The van der Waals surface area contributed by atoms with Crippen LogP contribution >= 0.6 is 0 Å². The van der Waals surface area contributed by atoms with Gasteiger partial charge in [-0.15, -0.1) is 0 Å². The Morgan fingerprint density at radius 2 is 1.78 bits per heavy atom. The molecule has 5 heteroatoms. The maximum absolute atomic E-state index is 12.1. The molecule has 0 unspecified atom stereocenters. The molecule has 1 saturated carbocycles. The lowest BCUT2D eigenvalue weighted by Gasteiger charge is -2.35. The number of fused-ring (bicyclic) bond motifs is 1. The molecule has 3 rings (SSSR count). The van der Waals surface area contributed by atoms with E-state index in [1.54, 1.807) is 0 Å². The van der Waals surface area contributed by atoms with Crippen molar-refractivity contribution in [2.75, 3.05) is 0 Å². The summed E-state index contributed by atoms with van der Waals surface area (Å²) in [4.78, 5) is 12.1. The van der Waals surface area contributed by atoms with Crippen molar-refractivity contribution in [3.05, 3.63) is 11.6 Å². The predicted molar refractivity (Wildman–Crippen MR) is 62.2 cm³/mol. The minimum Gasteiger partial charge on any atom is -0.507 e. The maximum Gasteiger partial charge on any atom is 0.201 e. The van der Waals surface area contributed by atoms with Crippen LogP contribution in [-0.4, -0.2) is 26.7 Å². The van der Waals surface area contributed by atoms with Gasteiger partial charge in [0.1, 0.15) is 16.9 Å². The van der Waals surface area contributed by atoms with Gasteiger partial charge in [-0.05, 0) is 25.7 Å². The van der Waals surface area contributed by atoms with Crippen molar-refractivity contribution in [1.82, 2.24) is 0 Å². The molecule has 1 aliphatic heterocycles. The van der Waals surface area contributed by atoms with Crippen LogP contribution in [0.15, 0.2) is 6.07 Å². The second-order valence-electron chi connectivity index (χ2n) is 5.06. The monoisotopic (exact) mass is 250 g/mol. The Labute approximate surface area is 104 Å². The number of ketones is 1. The molecule has 96 valence electrons. The Bertz CT molecular complexity index is 529. The summed E-state index contributed by atoms with van der Waals surface area (Å²) in [6.45, 7) is 0. The topological polar surface area (TPSA) is 87.0 Å². The summed E-state index contributed by atoms with van der Waals surface area (Å²) in [7, 11) is 0. The Morgan fingerprint density at radius 1 is 1.11 bits per heavy atom. The van der Waals surface area contributed by atoms with E-state index in [4.69, 9.17) is 4.74 Å². The Kier molecular flexibility index (Phi) is 2.20. The van der Waals surface area contributed by atoms with Gasteiger partial charge >= 0.3 is 0 Å². The fourth-order valence-corrected chi connectivity index (χ4v) is 2.92. The molecule has 0 amide bonds. The molecule has 3 N–H and O–H groups in total. The predicted octanol–water partition coefficient (Wildman–Crippen LogP) is 2.08. The normalized spacial score (nSPS) is 20.8. The molecule has 18 heavy (non-hydrogen) atoms. The van der Waals surface area contributed by atoms with Gasteiger partial charge in [-0.3, -0.25) is 4.79 Å². The lowest BCUT2D eigenvalue weighted by molar-refractivity contribution is 0.0420. The average molecular weight is 250 g/mol. The summed E-state index contributed by atoms with van der Waals surface area (Å²) in [6, 6.07) is 0.960. The van der Waals surface area contributed by atoms with Gasteiger partial charge in [0.15, 0.2) is 17.3 Å². The molecule has 1 aromatic rings. The molecule has 0 saturated heterocycles. The number of Topliss-reactive ketones (excluding diaryl/α,β-unsaturated/α-hetero) is 1. The smallest absolute Gasteiger partial charge is 0.201 e. The third-order valence-electron chi connectivity index (χ3n) is 3.81. The summed E-state index contributed by atoms with van der Waals surface area (Å²) >= 11 is 0. The van der Waals surface area contributed by atoms with E-state index >= 15 is 0 Å². The number of carbonyl (C=O) groups is 1. The summed E-state index contributed by atoms with van der Waals surface area (Å²) in [5.41, 5.74) is -0.593. The van der Waals surface area contributed by atoms with Gasteiger partial charge in [-0.2, -0.15) is 0 Å². The van der Waals surface area contributed by atoms with Gasteiger partial charge < -0.3 is 20.1 Å². The number of phenolic OH excluding ortho intramolecular Hbond substituents is 3. The van der Waals surface area contributed by atoms with E-state index in [9.17, 15) is 20.1 Å². The Morgan fingerprint density at radius 3 is 2.44 bits per heavy atom. The first-order valence-electron chi connectivity index (χ1n) is 6.02. The fraction of sp³-hybridized carbons (Fsp3) is 0.462. The van der Waals surface area contributed by atoms with Gasteiger partial charge in [-0.25, -0.2) is 0 Å². The SMILES string of the molecule is O=C1CC2(CCCC2)Oc2c(O)c(O)cc(O)c21. The molecule has 0 aromatic heterocycles. The van der Waals surface area contributed by atoms with Crippen LogP contribution in [0, 0.1) is 0 Å². The van der Waals surface area contributed by atoms with Crippen molar-refractivity contribution in [2.45, 2.75) is 37.7 Å². The highest BCUT2D eigenvalue weighted by Gasteiger charge is 2.45. The van der Waals surface area contributed by atoms with E-state index in [1.165, 1.54) is 0 Å². The first-order valence-corrected chi connectivity index (χ1v) is 6.02. The molecule has 1 aromatic carbocycles. The number of rotatable bonds is 0. The molecule has 1 fully saturated rings. The van der Waals surface area contributed by atoms with Gasteiger partial charge in [0, 0.05) is 6.07 Å². The van der Waals surface area contributed by atoms with Crippen molar-refractivity contribution in [1.29, 1.82) is 0 Å². The average Bonchev–Trinajstić information content (AvgIpc) is 2.73. The molecular formula is C13H14O5. The van der Waals surface area contributed by atoms with Crippen LogP contribution in [0.4, 0.5) is 0 Å². The highest BCUT2D eigenvalue weighted by Crippen LogP contribution is 2.51. The summed E-state index contributed by atoms with van der Waals surface area (Å²) in [5.74, 6) is -1.62. The second kappa shape index (κ2) is 3.54. The summed E-state index contributed by atoms with van der Waals surface area (Å²) in [5, 5.41) is 29.0. The van der Waals surface area contributed by atoms with Crippen LogP contribution in [0.25, 0.3) is 0 Å². The lowest BCUT2D eigenvalue weighted by atomic mass is 9.88. The fourth-order valence-electron chi connectivity index (χ4n) is 2.92. The zero-order valence-electron chi connectivity index (χ0n) is 9.77. The van der Waals surface area contributed by atoms with Crippen LogP contribution in [0.2, 0.25) is 0 Å². The van der Waals surface area contributed by atoms with Gasteiger partial charge in [0.2, 0.25) is 5.75 Å². The molecular weight excluding hydrogens is 236 g/mol. The molecule has 1 heterocycles. The number of aromatic hydroxyl groups is 3. The number of benzene rings is 1. The third-order valence-corrected chi connectivity index (χ3v) is 3.81. The van der Waals surface area contributed by atoms with Crippen molar-refractivity contribution in [3.8, 4) is 23.0 Å². The molecule has 0 radical (unpaired) electrons. The van der Waals surface area contributed by atoms with Crippen LogP contribution in [0.1, 0.15) is 42.5 Å². The number of phenols is 3. The Hall–Kier alpha value is -1.91. The van der Waals surface area contributed by atoms with Gasteiger partial charge in [0.25, 0.3) is 0 Å². The van der Waals surface area contributed by atoms with E-state index in [-0.39, 0.29) is 29.3 Å². The van der Waals surface area contributed by atoms with Gasteiger partial charge in [-0.1, -0.05) is 0 Å². The maximum atomic E-state index is 12.1. The minimum absolute atomic E-state index is 0.0252. The molecule has 1 aliphatic carbocycles. The molecule has 2 aliphatic rings. The van der Waals surface area contributed by atoms with E-state index in [0.29, 0.717) is 0 Å². The van der Waals surface area contributed by atoms with Crippen molar-refractivity contribution in [2.24, 2.45) is 0 Å². The zero-order valence-corrected chi connectivity index (χ0v) is 9.77. The number of carbonyl (C=O) groups excluding carboxylic acids is 1. The quantitative estimate of drug-likeness (QED) is 0.484. The van der Waals surface area contributed by atoms with Crippen LogP contribution < -0.4 is 4.74 Å². The standard InChI is InChI=1S/C13H14O5/c14-7-5-8(15)11(17)12-10(7)9(16)6-13(18-12)3-1-2-4-13/h5,14-15,17H,1-4,6H2. The van der Waals surface area contributed by atoms with E-state index < -0.39 is 17.1 Å². The van der Waals surface area contributed by atoms with Crippen molar-refractivity contribution >= 4 is 5.78 Å². The lowest BCUT2D eigenvalue weighted by Crippen LogP contribution is -2.39. The van der Waals surface area contributed by atoms with Crippen LogP contribution in [-0.2, 0) is 0 Å². The number of hydrogen-bond donors (Lipinski definition) is 3. The van der Waals surface area contributed by atoms with E-state index in [2.05, 4.69) is 0 Å². The first kappa shape index (κ1) is 11.2. The highest BCUT2D eigenvalue weighted by atomic mass is 16.5. The molecule has 0 atom stereocenters. The molecule has 1 spiro atoms. The molecule has 0 bridgehead atoms. The third kappa shape index (κ3) is 1.43. The largest absolute Gasteiger partial charge is 0.507 e. The zero-order chi connectivity index (χ0) is 12.9.